The van der Waals surface area contributed by atoms with E-state index in [9.17, 15) is 4.79 Å². The maximum Gasteiger partial charge on any atom is 0.306 e. The van der Waals surface area contributed by atoms with E-state index in [4.69, 9.17) is 51.1 Å². The smallest absolute Gasteiger partial charge is 0.306 e. The summed E-state index contributed by atoms with van der Waals surface area (Å²) in [6, 6.07) is 1.92. The molecule has 0 saturated heterocycles. The van der Waals surface area contributed by atoms with Gasteiger partial charge in [0.1, 0.15) is 4.33 Å². The second-order valence-electron chi connectivity index (χ2n) is 5.47. The van der Waals surface area contributed by atoms with Crippen LogP contribution in [0.1, 0.15) is 47.4 Å². The molecule has 0 aliphatic heterocycles. The number of ether oxygens (including phenoxy) is 1. The Morgan fingerprint density at radius 1 is 1.45 bits per heavy atom. The number of alkyl halides is 3. The molecule has 22 heavy (non-hydrogen) atoms. The van der Waals surface area contributed by atoms with Crippen molar-refractivity contribution >= 4 is 52.4 Å². The van der Waals surface area contributed by atoms with E-state index in [1.54, 1.807) is 6.92 Å². The molecule has 1 unspecified atom stereocenters. The molecule has 0 fully saturated rings. The highest BCUT2D eigenvalue weighted by Gasteiger charge is 2.41. The summed E-state index contributed by atoms with van der Waals surface area (Å²) in [6.07, 6.45) is 2.07. The average Bonchev–Trinajstić information content (AvgIpc) is 2.43. The van der Waals surface area contributed by atoms with Gasteiger partial charge >= 0.3 is 5.97 Å². The number of hydrogen-bond donors (Lipinski definition) is 0. The fraction of sp³-hybridized carbons (Fsp3) is 0.562. The summed E-state index contributed by atoms with van der Waals surface area (Å²) < 4.78 is 3.95. The van der Waals surface area contributed by atoms with Gasteiger partial charge in [-0.15, -0.1) is 11.6 Å². The minimum absolute atomic E-state index is 0.252. The monoisotopic (exact) mass is 382 g/mol. The SMILES string of the molecule is CCOC(=O)CCc1c(Cl)cc(C)c2c1C(Cl)C(Cl)(Cl)CC2. The van der Waals surface area contributed by atoms with E-state index in [0.717, 1.165) is 28.7 Å². The summed E-state index contributed by atoms with van der Waals surface area (Å²) >= 11 is 25.6. The Morgan fingerprint density at radius 2 is 2.14 bits per heavy atom. The Labute approximate surface area is 151 Å². The van der Waals surface area contributed by atoms with E-state index < -0.39 is 9.71 Å². The van der Waals surface area contributed by atoms with E-state index in [0.29, 0.717) is 24.5 Å². The summed E-state index contributed by atoms with van der Waals surface area (Å²) in [6.45, 7) is 4.14. The molecule has 0 saturated carbocycles. The lowest BCUT2D eigenvalue weighted by atomic mass is 9.83. The van der Waals surface area contributed by atoms with E-state index in [-0.39, 0.29) is 12.4 Å². The second kappa shape index (κ2) is 7.17. The van der Waals surface area contributed by atoms with E-state index in [2.05, 4.69) is 0 Å². The number of carbonyl (C=O) groups excluding carboxylic acids is 1. The Balaban J connectivity index is 2.40. The van der Waals surface area contributed by atoms with Gasteiger partial charge in [0.15, 0.2) is 0 Å². The summed E-state index contributed by atoms with van der Waals surface area (Å²) in [5.74, 6) is -0.252. The highest BCUT2D eigenvalue weighted by atomic mass is 35.5. The molecule has 0 heterocycles. The molecule has 2 rings (SSSR count). The third kappa shape index (κ3) is 3.67. The van der Waals surface area contributed by atoms with Crippen LogP contribution in [0.2, 0.25) is 5.02 Å². The van der Waals surface area contributed by atoms with Crippen LogP contribution in [0.3, 0.4) is 0 Å². The molecule has 1 aliphatic carbocycles. The van der Waals surface area contributed by atoms with Crippen molar-refractivity contribution in [3.05, 3.63) is 33.3 Å². The predicted molar refractivity (Wildman–Crippen MR) is 92.5 cm³/mol. The molecule has 6 heteroatoms. The number of fused-ring (bicyclic) bond motifs is 1. The number of aryl methyl sites for hydroxylation is 1. The van der Waals surface area contributed by atoms with E-state index in [1.165, 1.54) is 0 Å². The highest BCUT2D eigenvalue weighted by Crippen LogP contribution is 2.51. The average molecular weight is 384 g/mol. The lowest BCUT2D eigenvalue weighted by Gasteiger charge is -2.35. The number of esters is 1. The Morgan fingerprint density at radius 3 is 2.77 bits per heavy atom. The van der Waals surface area contributed by atoms with Crippen molar-refractivity contribution in [2.24, 2.45) is 0 Å². The van der Waals surface area contributed by atoms with Crippen molar-refractivity contribution in [3.8, 4) is 0 Å². The van der Waals surface area contributed by atoms with Crippen LogP contribution >= 0.6 is 46.4 Å². The molecule has 122 valence electrons. The van der Waals surface area contributed by atoms with Crippen molar-refractivity contribution in [3.63, 3.8) is 0 Å². The van der Waals surface area contributed by atoms with Crippen LogP contribution in [0.15, 0.2) is 6.07 Å². The van der Waals surface area contributed by atoms with Gasteiger partial charge in [-0.05, 0) is 61.4 Å². The summed E-state index contributed by atoms with van der Waals surface area (Å²) in [7, 11) is 0. The molecule has 1 aromatic rings. The van der Waals surface area contributed by atoms with Crippen molar-refractivity contribution in [2.75, 3.05) is 6.61 Å². The van der Waals surface area contributed by atoms with Crippen LogP contribution in [0.25, 0.3) is 0 Å². The van der Waals surface area contributed by atoms with Crippen molar-refractivity contribution in [1.29, 1.82) is 0 Å². The van der Waals surface area contributed by atoms with Gasteiger partial charge in [0, 0.05) is 11.4 Å². The maximum atomic E-state index is 11.6. The lowest BCUT2D eigenvalue weighted by Crippen LogP contribution is -2.28. The van der Waals surface area contributed by atoms with Gasteiger partial charge in [0.25, 0.3) is 0 Å². The maximum absolute atomic E-state index is 11.6. The van der Waals surface area contributed by atoms with E-state index >= 15 is 0 Å². The molecule has 0 spiro atoms. The standard InChI is InChI=1S/C16H18Cl4O2/c1-3-22-13(21)5-4-11-12(17)8-9(2)10-6-7-16(19,20)15(18)14(10)11/h8,15H,3-7H2,1-2H3. The molecule has 1 atom stereocenters. The van der Waals surface area contributed by atoms with Crippen molar-refractivity contribution in [1.82, 2.24) is 0 Å². The number of carbonyl (C=O) groups is 1. The van der Waals surface area contributed by atoms with Gasteiger partial charge in [0.05, 0.1) is 12.0 Å². The molecular weight excluding hydrogens is 366 g/mol. The summed E-state index contributed by atoms with van der Waals surface area (Å²) in [5, 5.41) is 0.0476. The minimum atomic E-state index is -1.02. The van der Waals surface area contributed by atoms with Crippen LogP contribution in [0.4, 0.5) is 0 Å². The fourth-order valence-electron chi connectivity index (χ4n) is 2.87. The first-order valence-electron chi connectivity index (χ1n) is 7.26. The lowest BCUT2D eigenvalue weighted by molar-refractivity contribution is -0.143. The van der Waals surface area contributed by atoms with Crippen LogP contribution < -0.4 is 0 Å². The largest absolute Gasteiger partial charge is 0.466 e. The molecular formula is C16H18Cl4O2. The molecule has 0 radical (unpaired) electrons. The topological polar surface area (TPSA) is 26.3 Å². The molecule has 1 aromatic carbocycles. The molecule has 0 amide bonds. The molecule has 0 N–H and O–H groups in total. The zero-order chi connectivity index (χ0) is 16.5. The number of halogens is 4. The predicted octanol–water partition coefficient (Wildman–Crippen LogP) is 5.54. The van der Waals surface area contributed by atoms with Crippen LogP contribution in [-0.2, 0) is 22.4 Å². The van der Waals surface area contributed by atoms with Gasteiger partial charge < -0.3 is 4.74 Å². The highest BCUT2D eigenvalue weighted by molar-refractivity contribution is 6.52. The first-order chi connectivity index (χ1) is 10.3. The zero-order valence-electron chi connectivity index (χ0n) is 12.5. The number of hydrogen-bond acceptors (Lipinski definition) is 2. The van der Waals surface area contributed by atoms with Gasteiger partial charge in [-0.1, -0.05) is 34.8 Å². The van der Waals surface area contributed by atoms with Crippen LogP contribution in [0, 0.1) is 6.92 Å². The molecule has 1 aliphatic rings. The first-order valence-corrected chi connectivity index (χ1v) is 8.83. The van der Waals surface area contributed by atoms with Crippen LogP contribution in [-0.4, -0.2) is 16.9 Å². The van der Waals surface area contributed by atoms with Crippen LogP contribution in [0.5, 0.6) is 0 Å². The fourth-order valence-corrected chi connectivity index (χ4v) is 4.01. The van der Waals surface area contributed by atoms with Gasteiger partial charge in [-0.25, -0.2) is 0 Å². The normalized spacial score (nSPS) is 19.6. The first kappa shape index (κ1) is 18.2. The molecule has 0 aromatic heterocycles. The number of rotatable bonds is 4. The summed E-state index contributed by atoms with van der Waals surface area (Å²) in [5.41, 5.74) is 3.95. The summed E-state index contributed by atoms with van der Waals surface area (Å²) in [4.78, 5) is 11.6. The zero-order valence-corrected chi connectivity index (χ0v) is 15.5. The molecule has 2 nitrogen and oxygen atoms in total. The minimum Gasteiger partial charge on any atom is -0.466 e. The second-order valence-corrected chi connectivity index (χ2v) is 7.86. The Bertz CT molecular complexity index is 584. The van der Waals surface area contributed by atoms with Gasteiger partial charge in [-0.2, -0.15) is 0 Å². The van der Waals surface area contributed by atoms with Crippen molar-refractivity contribution < 1.29 is 9.53 Å². The molecule has 0 bridgehead atoms. The van der Waals surface area contributed by atoms with E-state index in [1.807, 2.05) is 13.0 Å². The quantitative estimate of drug-likeness (QED) is 0.503. The Hall–Kier alpha value is -0.150. The van der Waals surface area contributed by atoms with Gasteiger partial charge in [-0.3, -0.25) is 4.79 Å². The van der Waals surface area contributed by atoms with Gasteiger partial charge in [0.2, 0.25) is 0 Å². The number of benzene rings is 1. The third-order valence-corrected chi connectivity index (χ3v) is 5.94. The third-order valence-electron chi connectivity index (χ3n) is 3.97. The Kier molecular flexibility index (Phi) is 5.93. The van der Waals surface area contributed by atoms with Crippen molar-refractivity contribution in [2.45, 2.75) is 49.2 Å².